The molecule has 1 unspecified atom stereocenters. The van der Waals surface area contributed by atoms with Crippen molar-refractivity contribution in [2.75, 3.05) is 6.54 Å². The average molecular weight is 278 g/mol. The quantitative estimate of drug-likeness (QED) is 0.788. The van der Waals surface area contributed by atoms with Crippen LogP contribution < -0.4 is 11.0 Å². The Morgan fingerprint density at radius 2 is 2.20 bits per heavy atom. The van der Waals surface area contributed by atoms with Gasteiger partial charge < -0.3 is 5.32 Å². The van der Waals surface area contributed by atoms with Gasteiger partial charge in [0.25, 0.3) is 0 Å². The molecule has 0 aromatic carbocycles. The van der Waals surface area contributed by atoms with E-state index in [1.165, 1.54) is 10.3 Å². The zero-order chi connectivity index (χ0) is 14.7. The maximum Gasteiger partial charge on any atom is 0.343 e. The molecule has 110 valence electrons. The minimum absolute atomic E-state index is 0.171. The maximum absolute atomic E-state index is 11.2. The fraction of sp³-hybridized carbons (Fsp3) is 0.615. The smallest absolute Gasteiger partial charge is 0.312 e. The molecule has 20 heavy (non-hydrogen) atoms. The third-order valence-corrected chi connectivity index (χ3v) is 3.36. The van der Waals surface area contributed by atoms with Gasteiger partial charge in [0, 0.05) is 31.7 Å². The molecule has 7 heteroatoms. The lowest BCUT2D eigenvalue weighted by molar-refractivity contribution is 0.444. The van der Waals surface area contributed by atoms with Crippen LogP contribution in [0.1, 0.15) is 24.1 Å². The Labute approximate surface area is 118 Å². The molecule has 0 radical (unpaired) electrons. The first-order valence-electron chi connectivity index (χ1n) is 6.82. The van der Waals surface area contributed by atoms with Crippen molar-refractivity contribution in [2.24, 2.45) is 7.05 Å². The summed E-state index contributed by atoms with van der Waals surface area (Å²) >= 11 is 0. The van der Waals surface area contributed by atoms with E-state index in [0.29, 0.717) is 6.04 Å². The summed E-state index contributed by atoms with van der Waals surface area (Å²) in [6.45, 7) is 7.80. The van der Waals surface area contributed by atoms with Crippen LogP contribution >= 0.6 is 0 Å². The number of nitrogens with zero attached hydrogens (tertiary/aromatic N) is 4. The highest BCUT2D eigenvalue weighted by Gasteiger charge is 2.08. The van der Waals surface area contributed by atoms with Crippen molar-refractivity contribution in [1.82, 2.24) is 29.9 Å². The molecular formula is C13H22N6O. The van der Waals surface area contributed by atoms with Crippen molar-refractivity contribution in [2.45, 2.75) is 39.8 Å². The van der Waals surface area contributed by atoms with E-state index in [1.54, 1.807) is 7.05 Å². The molecule has 0 aliphatic rings. The van der Waals surface area contributed by atoms with E-state index in [2.05, 4.69) is 40.5 Å². The third kappa shape index (κ3) is 3.36. The summed E-state index contributed by atoms with van der Waals surface area (Å²) < 4.78 is 3.55. The fourth-order valence-corrected chi connectivity index (χ4v) is 2.22. The van der Waals surface area contributed by atoms with Crippen molar-refractivity contribution < 1.29 is 0 Å². The van der Waals surface area contributed by atoms with Gasteiger partial charge in [-0.1, -0.05) is 0 Å². The Bertz CT molecular complexity index is 623. The van der Waals surface area contributed by atoms with Gasteiger partial charge in [-0.25, -0.2) is 9.89 Å². The molecule has 0 spiro atoms. The molecule has 7 nitrogen and oxygen atoms in total. The second-order valence-corrected chi connectivity index (χ2v) is 5.22. The van der Waals surface area contributed by atoms with Crippen LogP contribution in [0.3, 0.4) is 0 Å². The normalized spacial score (nSPS) is 12.8. The lowest BCUT2D eigenvalue weighted by Crippen LogP contribution is -2.33. The van der Waals surface area contributed by atoms with Gasteiger partial charge in [-0.3, -0.25) is 9.25 Å². The van der Waals surface area contributed by atoms with E-state index in [0.717, 1.165) is 31.0 Å². The summed E-state index contributed by atoms with van der Waals surface area (Å²) in [7, 11) is 1.72. The van der Waals surface area contributed by atoms with Gasteiger partial charge >= 0.3 is 5.69 Å². The number of hydrogen-bond acceptors (Lipinski definition) is 4. The van der Waals surface area contributed by atoms with E-state index in [1.807, 2.05) is 11.6 Å². The number of aromatic nitrogens is 5. The van der Waals surface area contributed by atoms with Crippen LogP contribution in [0, 0.1) is 13.8 Å². The summed E-state index contributed by atoms with van der Waals surface area (Å²) in [6.07, 6.45) is 0.719. The molecule has 0 bridgehead atoms. The Kier molecular flexibility index (Phi) is 4.39. The summed E-state index contributed by atoms with van der Waals surface area (Å²) in [4.78, 5) is 11.2. The summed E-state index contributed by atoms with van der Waals surface area (Å²) in [5, 5.41) is 14.3. The van der Waals surface area contributed by atoms with Crippen molar-refractivity contribution >= 4 is 0 Å². The summed E-state index contributed by atoms with van der Waals surface area (Å²) in [5.41, 5.74) is 2.04. The highest BCUT2D eigenvalue weighted by atomic mass is 16.1. The Hall–Kier alpha value is -1.89. The van der Waals surface area contributed by atoms with Crippen LogP contribution in [0.2, 0.25) is 0 Å². The number of aromatic amines is 1. The molecular weight excluding hydrogens is 256 g/mol. The zero-order valence-electron chi connectivity index (χ0n) is 12.5. The Morgan fingerprint density at radius 3 is 2.75 bits per heavy atom. The van der Waals surface area contributed by atoms with Crippen LogP contribution in [0.25, 0.3) is 0 Å². The molecule has 0 aliphatic heterocycles. The van der Waals surface area contributed by atoms with E-state index in [-0.39, 0.29) is 5.69 Å². The predicted octanol–water partition coefficient (Wildman–Crippen LogP) is 0.143. The van der Waals surface area contributed by atoms with E-state index >= 15 is 0 Å². The maximum atomic E-state index is 11.2. The highest BCUT2D eigenvalue weighted by molar-refractivity contribution is 5.06. The predicted molar refractivity (Wildman–Crippen MR) is 76.7 cm³/mol. The molecule has 2 aromatic rings. The molecule has 2 heterocycles. The second-order valence-electron chi connectivity index (χ2n) is 5.22. The van der Waals surface area contributed by atoms with Crippen LogP contribution in [0.5, 0.6) is 0 Å². The first kappa shape index (κ1) is 14.5. The number of rotatable bonds is 6. The lowest BCUT2D eigenvalue weighted by atomic mass is 10.3. The standard InChI is InChI=1S/C13H22N6O/c1-9-7-11(3)19(17-9)8-10(2)14-6-5-12-15-16-13(20)18(12)4/h7,10,14H,5-6,8H2,1-4H3,(H,16,20). The van der Waals surface area contributed by atoms with E-state index in [9.17, 15) is 4.79 Å². The summed E-state index contributed by atoms with van der Waals surface area (Å²) in [6, 6.07) is 2.38. The van der Waals surface area contributed by atoms with Gasteiger partial charge in [-0.2, -0.15) is 10.2 Å². The largest absolute Gasteiger partial charge is 0.343 e. The molecule has 0 aliphatic carbocycles. The Balaban J connectivity index is 1.81. The molecule has 0 saturated heterocycles. The minimum atomic E-state index is -0.171. The van der Waals surface area contributed by atoms with Gasteiger partial charge in [0.2, 0.25) is 0 Å². The van der Waals surface area contributed by atoms with Gasteiger partial charge in [0.05, 0.1) is 12.2 Å². The highest BCUT2D eigenvalue weighted by Crippen LogP contribution is 2.02. The van der Waals surface area contributed by atoms with E-state index in [4.69, 9.17) is 0 Å². The van der Waals surface area contributed by atoms with Gasteiger partial charge in [0.1, 0.15) is 5.82 Å². The van der Waals surface area contributed by atoms with Crippen molar-refractivity contribution in [1.29, 1.82) is 0 Å². The van der Waals surface area contributed by atoms with Crippen molar-refractivity contribution in [3.8, 4) is 0 Å². The SMILES string of the molecule is Cc1cc(C)n(CC(C)NCCc2n[nH]c(=O)n2C)n1. The molecule has 0 fully saturated rings. The van der Waals surface area contributed by atoms with E-state index < -0.39 is 0 Å². The monoisotopic (exact) mass is 278 g/mol. The minimum Gasteiger partial charge on any atom is -0.312 e. The second kappa shape index (κ2) is 6.04. The topological polar surface area (TPSA) is 80.5 Å². The molecule has 0 amide bonds. The van der Waals surface area contributed by atoms with Crippen LogP contribution in [0.4, 0.5) is 0 Å². The molecule has 0 saturated carbocycles. The molecule has 1 atom stereocenters. The number of H-pyrrole nitrogens is 1. The number of hydrogen-bond donors (Lipinski definition) is 2. The van der Waals surface area contributed by atoms with Gasteiger partial charge in [-0.05, 0) is 26.8 Å². The van der Waals surface area contributed by atoms with Crippen molar-refractivity contribution in [3.63, 3.8) is 0 Å². The zero-order valence-corrected chi connectivity index (χ0v) is 12.5. The average Bonchev–Trinajstić information content (AvgIpc) is 2.85. The van der Waals surface area contributed by atoms with Crippen LogP contribution in [-0.4, -0.2) is 37.1 Å². The Morgan fingerprint density at radius 1 is 1.45 bits per heavy atom. The first-order chi connectivity index (χ1) is 9.47. The molecule has 2 rings (SSSR count). The van der Waals surface area contributed by atoms with Gasteiger partial charge in [-0.15, -0.1) is 0 Å². The third-order valence-electron chi connectivity index (χ3n) is 3.36. The first-order valence-corrected chi connectivity index (χ1v) is 6.82. The van der Waals surface area contributed by atoms with Crippen LogP contribution in [-0.2, 0) is 20.0 Å². The van der Waals surface area contributed by atoms with Crippen molar-refractivity contribution in [3.05, 3.63) is 33.8 Å². The summed E-state index contributed by atoms with van der Waals surface area (Å²) in [5.74, 6) is 0.765. The van der Waals surface area contributed by atoms with Crippen LogP contribution in [0.15, 0.2) is 10.9 Å². The number of nitrogens with one attached hydrogen (secondary N) is 2. The van der Waals surface area contributed by atoms with Gasteiger partial charge in [0.15, 0.2) is 0 Å². The molecule has 2 N–H and O–H groups in total. The fourth-order valence-electron chi connectivity index (χ4n) is 2.22. The molecule has 2 aromatic heterocycles. The number of aryl methyl sites for hydroxylation is 2. The lowest BCUT2D eigenvalue weighted by Gasteiger charge is -2.14.